The zero-order valence-electron chi connectivity index (χ0n) is 28.5. The van der Waals surface area contributed by atoms with E-state index in [9.17, 15) is 24.0 Å². The van der Waals surface area contributed by atoms with Crippen LogP contribution in [0.3, 0.4) is 0 Å². The largest absolute Gasteiger partial charge is 0.361 e. The van der Waals surface area contributed by atoms with Gasteiger partial charge in [-0.3, -0.25) is 29.5 Å². The van der Waals surface area contributed by atoms with Crippen LogP contribution in [0.15, 0.2) is 48.9 Å². The van der Waals surface area contributed by atoms with E-state index in [1.54, 1.807) is 11.8 Å². The van der Waals surface area contributed by atoms with Crippen LogP contribution in [0.1, 0.15) is 65.9 Å². The van der Waals surface area contributed by atoms with Crippen LogP contribution in [0.4, 0.5) is 10.6 Å². The number of carbonyl (C=O) groups is 5. The van der Waals surface area contributed by atoms with E-state index in [1.807, 2.05) is 58.0 Å². The van der Waals surface area contributed by atoms with Crippen molar-refractivity contribution in [1.29, 1.82) is 0 Å². The molecular formula is C35H49N7O6. The van der Waals surface area contributed by atoms with Gasteiger partial charge in [0.1, 0.15) is 17.7 Å². The van der Waals surface area contributed by atoms with Gasteiger partial charge in [0.25, 0.3) is 0 Å². The number of nitrogens with one attached hydrogen (secondary N) is 4. The van der Waals surface area contributed by atoms with E-state index in [-0.39, 0.29) is 41.9 Å². The van der Waals surface area contributed by atoms with Crippen LogP contribution in [0.5, 0.6) is 0 Å². The molecule has 4 N–H and O–H groups in total. The van der Waals surface area contributed by atoms with Crippen molar-refractivity contribution in [2.45, 2.75) is 90.4 Å². The summed E-state index contributed by atoms with van der Waals surface area (Å²) < 4.78 is 5.38. The number of piperidine rings is 1. The van der Waals surface area contributed by atoms with Crippen molar-refractivity contribution in [2.24, 2.45) is 17.8 Å². The van der Waals surface area contributed by atoms with Crippen molar-refractivity contribution >= 4 is 35.4 Å². The molecule has 48 heavy (non-hydrogen) atoms. The Morgan fingerprint density at radius 1 is 0.875 bits per heavy atom. The minimum Gasteiger partial charge on any atom is -0.361 e. The fourth-order valence-corrected chi connectivity index (χ4v) is 5.82. The summed E-state index contributed by atoms with van der Waals surface area (Å²) in [6, 6.07) is 6.37. The summed E-state index contributed by atoms with van der Waals surface area (Å²) in [6.45, 7) is 10.6. The Bertz CT molecular complexity index is 1410. The zero-order valence-corrected chi connectivity index (χ0v) is 28.5. The second kappa shape index (κ2) is 16.6. The number of likely N-dealkylation sites (tertiary alicyclic amines) is 1. The number of epoxide rings is 1. The molecule has 4 atom stereocenters. The molecule has 4 unspecified atom stereocenters. The highest BCUT2D eigenvalue weighted by Crippen LogP contribution is 2.29. The molecule has 2 fully saturated rings. The Morgan fingerprint density at radius 2 is 1.48 bits per heavy atom. The second-order valence-corrected chi connectivity index (χ2v) is 13.8. The highest BCUT2D eigenvalue weighted by atomic mass is 16.6. The maximum absolute atomic E-state index is 13.8. The number of nitrogens with zero attached hydrogens (tertiary/aromatic N) is 3. The van der Waals surface area contributed by atoms with Crippen molar-refractivity contribution in [2.75, 3.05) is 25.0 Å². The molecule has 5 amide bonds. The summed E-state index contributed by atoms with van der Waals surface area (Å²) in [5, 5.41) is 11.4. The predicted octanol–water partition coefficient (Wildman–Crippen LogP) is 2.87. The van der Waals surface area contributed by atoms with Crippen molar-refractivity contribution < 1.29 is 28.7 Å². The Balaban J connectivity index is 1.41. The number of anilines is 1. The van der Waals surface area contributed by atoms with Crippen LogP contribution in [0, 0.1) is 17.8 Å². The topological polar surface area (TPSA) is 175 Å². The maximum Gasteiger partial charge on any atom is 0.323 e. The number of hydrogen-bond acceptors (Lipinski definition) is 8. The summed E-state index contributed by atoms with van der Waals surface area (Å²) >= 11 is 0. The summed E-state index contributed by atoms with van der Waals surface area (Å²) in [6.07, 6.45) is 6.32. The molecule has 13 heteroatoms. The van der Waals surface area contributed by atoms with Crippen LogP contribution in [0.25, 0.3) is 0 Å². The molecule has 2 aromatic rings. The molecule has 3 heterocycles. The summed E-state index contributed by atoms with van der Waals surface area (Å²) in [5.74, 6) is -1.24. The number of hydrogen-bond donors (Lipinski definition) is 4. The lowest BCUT2D eigenvalue weighted by atomic mass is 9.93. The van der Waals surface area contributed by atoms with E-state index in [4.69, 9.17) is 4.74 Å². The average Bonchev–Trinajstić information content (AvgIpc) is 3.82. The molecule has 0 bridgehead atoms. The van der Waals surface area contributed by atoms with Crippen LogP contribution in [0.2, 0.25) is 0 Å². The Kier molecular flexibility index (Phi) is 12.6. The van der Waals surface area contributed by atoms with Crippen LogP contribution < -0.4 is 21.3 Å². The SMILES string of the molecule is CC(C)CC(NC(=O)C1CCN(C(=O)Nc2cnccn2)CC1)C(=O)NC(Cc1ccccc1)C(=O)NC(CC(C)C)C(=O)C1(C)CO1. The molecule has 2 aliphatic heterocycles. The quantitative estimate of drug-likeness (QED) is 0.211. The highest BCUT2D eigenvalue weighted by molar-refractivity contribution is 5.98. The number of rotatable bonds is 15. The van der Waals surface area contributed by atoms with Gasteiger partial charge >= 0.3 is 6.03 Å². The van der Waals surface area contributed by atoms with Gasteiger partial charge in [0.2, 0.25) is 17.7 Å². The molecule has 0 spiro atoms. The fourth-order valence-electron chi connectivity index (χ4n) is 5.82. The van der Waals surface area contributed by atoms with Crippen LogP contribution >= 0.6 is 0 Å². The van der Waals surface area contributed by atoms with E-state index in [0.717, 1.165) is 5.56 Å². The lowest BCUT2D eigenvalue weighted by Gasteiger charge is -2.32. The first-order valence-corrected chi connectivity index (χ1v) is 16.8. The first-order valence-electron chi connectivity index (χ1n) is 16.8. The van der Waals surface area contributed by atoms with Gasteiger partial charge in [-0.1, -0.05) is 58.0 Å². The molecule has 2 saturated heterocycles. The van der Waals surface area contributed by atoms with Crippen molar-refractivity contribution in [3.63, 3.8) is 0 Å². The van der Waals surface area contributed by atoms with Gasteiger partial charge < -0.3 is 25.6 Å². The summed E-state index contributed by atoms with van der Waals surface area (Å²) in [4.78, 5) is 76.6. The predicted molar refractivity (Wildman–Crippen MR) is 180 cm³/mol. The third-order valence-electron chi connectivity index (χ3n) is 8.65. The number of benzene rings is 1. The van der Waals surface area contributed by atoms with Gasteiger partial charge in [-0.2, -0.15) is 0 Å². The number of ketones is 1. The summed E-state index contributed by atoms with van der Waals surface area (Å²) in [5.41, 5.74) is -0.0736. The van der Waals surface area contributed by atoms with Gasteiger partial charge in [-0.05, 0) is 50.0 Å². The molecule has 0 radical (unpaired) electrons. The van der Waals surface area contributed by atoms with Crippen LogP contribution in [-0.4, -0.2) is 87.8 Å². The number of urea groups is 1. The number of amides is 5. The minimum atomic E-state index is -0.988. The lowest BCUT2D eigenvalue weighted by molar-refractivity contribution is -0.135. The fraction of sp³-hybridized carbons (Fsp3) is 0.571. The molecule has 13 nitrogen and oxygen atoms in total. The third-order valence-corrected chi connectivity index (χ3v) is 8.65. The average molecular weight is 664 g/mol. The number of ether oxygens (including phenoxy) is 1. The van der Waals surface area contributed by atoms with Gasteiger partial charge in [0.15, 0.2) is 11.6 Å². The van der Waals surface area contributed by atoms with E-state index < -0.39 is 35.5 Å². The number of aromatic nitrogens is 2. The zero-order chi connectivity index (χ0) is 34.8. The molecule has 2 aliphatic rings. The molecule has 1 aromatic heterocycles. The second-order valence-electron chi connectivity index (χ2n) is 13.8. The highest BCUT2D eigenvalue weighted by Gasteiger charge is 2.50. The first-order chi connectivity index (χ1) is 22.8. The van der Waals surface area contributed by atoms with Gasteiger partial charge in [-0.25, -0.2) is 9.78 Å². The number of Topliss-reactive ketones (excluding diaryl/α,β-unsaturated/α-hetero) is 1. The van der Waals surface area contributed by atoms with Crippen molar-refractivity contribution in [3.8, 4) is 0 Å². The number of carbonyl (C=O) groups excluding carboxylic acids is 5. The van der Waals surface area contributed by atoms with E-state index in [0.29, 0.717) is 51.2 Å². The van der Waals surface area contributed by atoms with Crippen molar-refractivity contribution in [1.82, 2.24) is 30.8 Å². The smallest absolute Gasteiger partial charge is 0.323 e. The molecule has 1 aromatic carbocycles. The van der Waals surface area contributed by atoms with Crippen molar-refractivity contribution in [3.05, 3.63) is 54.5 Å². The van der Waals surface area contributed by atoms with Gasteiger partial charge in [0.05, 0.1) is 18.8 Å². The van der Waals surface area contributed by atoms with Gasteiger partial charge in [0, 0.05) is 37.8 Å². The van der Waals surface area contributed by atoms with E-state index in [1.165, 1.54) is 18.6 Å². The lowest BCUT2D eigenvalue weighted by Crippen LogP contribution is -2.58. The maximum atomic E-state index is 13.8. The molecule has 0 aliphatic carbocycles. The van der Waals surface area contributed by atoms with Gasteiger partial charge in [-0.15, -0.1) is 0 Å². The standard InChI is InChI=1S/C35H49N7O6/c1-22(2)17-26(30(43)35(5)21-48-35)38-33(46)28(19-24-9-7-6-8-10-24)40-32(45)27(18-23(3)4)39-31(44)25-11-15-42(16-12-25)34(47)41-29-20-36-13-14-37-29/h6-10,13-14,20,22-23,25-28H,11-12,15-19,21H2,1-5H3,(H,38,46)(H,39,44)(H,40,45)(H,37,41,47). The molecule has 260 valence electrons. The molecule has 0 saturated carbocycles. The van der Waals surface area contributed by atoms with E-state index in [2.05, 4.69) is 31.2 Å². The third kappa shape index (κ3) is 10.6. The normalized spacial score (nSPS) is 19.6. The molecular weight excluding hydrogens is 614 g/mol. The Morgan fingerprint density at radius 3 is 2.06 bits per heavy atom. The first kappa shape index (κ1) is 36.4. The van der Waals surface area contributed by atoms with E-state index >= 15 is 0 Å². The van der Waals surface area contributed by atoms with Crippen LogP contribution in [-0.2, 0) is 30.3 Å². The minimum absolute atomic E-state index is 0.0707. The molecule has 4 rings (SSSR count). The Hall–Kier alpha value is -4.39. The summed E-state index contributed by atoms with van der Waals surface area (Å²) in [7, 11) is 0. The monoisotopic (exact) mass is 663 g/mol. The Labute approximate surface area is 282 Å².